The standard InChI is InChI=1S/C29H32F3N5S/c30-29(31,32)21-7-8-22-25(20-21)35-14-11-27(22)38-19-4-2-1-3-12-34-24-9-10-26(37-17-15-33-16-18-37)23-6-5-13-36-28(23)24/h5-11,13-14,20,33-34H,1-4,12,15-19H2. The Hall–Kier alpha value is -3.04. The smallest absolute Gasteiger partial charge is 0.383 e. The summed E-state index contributed by atoms with van der Waals surface area (Å²) in [5.41, 5.74) is 3.08. The normalized spacial score (nSPS) is 14.3. The van der Waals surface area contributed by atoms with E-state index < -0.39 is 11.7 Å². The third-order valence-electron chi connectivity index (χ3n) is 6.88. The Morgan fingerprint density at radius 3 is 2.58 bits per heavy atom. The summed E-state index contributed by atoms with van der Waals surface area (Å²) in [7, 11) is 0. The van der Waals surface area contributed by atoms with Crippen LogP contribution in [0.2, 0.25) is 0 Å². The first kappa shape index (κ1) is 26.6. The van der Waals surface area contributed by atoms with Gasteiger partial charge in [-0.25, -0.2) is 0 Å². The third-order valence-corrected chi connectivity index (χ3v) is 8.04. The van der Waals surface area contributed by atoms with Crippen LogP contribution in [0.25, 0.3) is 21.8 Å². The van der Waals surface area contributed by atoms with Gasteiger partial charge in [-0.2, -0.15) is 13.2 Å². The Bertz CT molecular complexity index is 1370. The summed E-state index contributed by atoms with van der Waals surface area (Å²) in [5, 5.41) is 8.96. The van der Waals surface area contributed by atoms with Gasteiger partial charge in [0.05, 0.1) is 22.3 Å². The fourth-order valence-electron chi connectivity index (χ4n) is 4.89. The molecule has 0 atom stereocenters. The number of fused-ring (bicyclic) bond motifs is 2. The molecule has 0 unspecified atom stereocenters. The molecular formula is C29H32F3N5S. The Morgan fingerprint density at radius 2 is 1.74 bits per heavy atom. The molecule has 0 amide bonds. The van der Waals surface area contributed by atoms with E-state index in [1.165, 1.54) is 17.1 Å². The monoisotopic (exact) mass is 539 g/mol. The number of rotatable bonds is 10. The molecule has 38 heavy (non-hydrogen) atoms. The van der Waals surface area contributed by atoms with Gasteiger partial charge in [0.1, 0.15) is 0 Å². The number of benzene rings is 2. The van der Waals surface area contributed by atoms with Gasteiger partial charge >= 0.3 is 6.18 Å². The lowest BCUT2D eigenvalue weighted by atomic mass is 10.1. The van der Waals surface area contributed by atoms with Crippen LogP contribution in [0.3, 0.4) is 0 Å². The fourth-order valence-corrected chi connectivity index (χ4v) is 5.95. The summed E-state index contributed by atoms with van der Waals surface area (Å²) in [4.78, 5) is 12.2. The average molecular weight is 540 g/mol. The van der Waals surface area contributed by atoms with Crippen molar-refractivity contribution in [3.8, 4) is 0 Å². The number of unbranched alkanes of at least 4 members (excludes halogenated alkanes) is 3. The topological polar surface area (TPSA) is 53.1 Å². The Kier molecular flexibility index (Phi) is 8.54. The summed E-state index contributed by atoms with van der Waals surface area (Å²) in [6.07, 6.45) is 3.43. The van der Waals surface area contributed by atoms with Crippen molar-refractivity contribution >= 4 is 44.9 Å². The van der Waals surface area contributed by atoms with Crippen LogP contribution >= 0.6 is 11.8 Å². The minimum absolute atomic E-state index is 0.388. The van der Waals surface area contributed by atoms with Gasteiger partial charge in [0.2, 0.25) is 0 Å². The van der Waals surface area contributed by atoms with E-state index in [4.69, 9.17) is 0 Å². The highest BCUT2D eigenvalue weighted by Gasteiger charge is 2.30. The van der Waals surface area contributed by atoms with Crippen molar-refractivity contribution in [3.05, 3.63) is 66.5 Å². The average Bonchev–Trinajstić information content (AvgIpc) is 2.94. The number of nitrogens with one attached hydrogen (secondary N) is 2. The second-order valence-corrected chi connectivity index (χ2v) is 10.6. The van der Waals surface area contributed by atoms with E-state index in [1.54, 1.807) is 18.0 Å². The van der Waals surface area contributed by atoms with Crippen molar-refractivity contribution in [1.82, 2.24) is 15.3 Å². The van der Waals surface area contributed by atoms with E-state index in [0.29, 0.717) is 5.52 Å². The van der Waals surface area contributed by atoms with Crippen LogP contribution < -0.4 is 15.5 Å². The quantitative estimate of drug-likeness (QED) is 0.168. The molecule has 0 spiro atoms. The van der Waals surface area contributed by atoms with Crippen molar-refractivity contribution in [2.75, 3.05) is 48.7 Å². The highest BCUT2D eigenvalue weighted by molar-refractivity contribution is 7.99. The maximum absolute atomic E-state index is 13.0. The van der Waals surface area contributed by atoms with Crippen molar-refractivity contribution in [1.29, 1.82) is 0 Å². The van der Waals surface area contributed by atoms with Gasteiger partial charge in [-0.15, -0.1) is 11.8 Å². The SMILES string of the molecule is FC(F)(F)c1ccc2c(SCCCCCCNc3ccc(N4CCNCC4)c4cccnc34)ccnc2c1. The molecule has 0 bridgehead atoms. The molecule has 2 aromatic carbocycles. The van der Waals surface area contributed by atoms with Crippen LogP contribution in [0, 0.1) is 0 Å². The molecule has 2 aromatic heterocycles. The number of hydrogen-bond donors (Lipinski definition) is 2. The highest BCUT2D eigenvalue weighted by atomic mass is 32.2. The lowest BCUT2D eigenvalue weighted by Crippen LogP contribution is -2.43. The summed E-state index contributed by atoms with van der Waals surface area (Å²) in [6, 6.07) is 14.2. The number of aromatic nitrogens is 2. The summed E-state index contributed by atoms with van der Waals surface area (Å²) in [6.45, 7) is 4.91. The van der Waals surface area contributed by atoms with Gasteiger partial charge in [-0.1, -0.05) is 18.9 Å². The molecule has 0 radical (unpaired) electrons. The second kappa shape index (κ2) is 12.2. The van der Waals surface area contributed by atoms with E-state index in [0.717, 1.165) is 97.8 Å². The maximum atomic E-state index is 13.0. The molecule has 3 heterocycles. The molecule has 0 aliphatic carbocycles. The number of hydrogen-bond acceptors (Lipinski definition) is 6. The zero-order valence-electron chi connectivity index (χ0n) is 21.2. The summed E-state index contributed by atoms with van der Waals surface area (Å²) >= 11 is 1.69. The third kappa shape index (κ3) is 6.32. The molecule has 200 valence electrons. The van der Waals surface area contributed by atoms with Crippen molar-refractivity contribution in [2.45, 2.75) is 36.8 Å². The van der Waals surface area contributed by atoms with Crippen molar-refractivity contribution in [2.24, 2.45) is 0 Å². The molecule has 4 aromatic rings. The number of alkyl halides is 3. The predicted octanol–water partition coefficient (Wildman–Crippen LogP) is 6.98. The minimum Gasteiger partial charge on any atom is -0.383 e. The van der Waals surface area contributed by atoms with Crippen LogP contribution in [-0.2, 0) is 6.18 Å². The van der Waals surface area contributed by atoms with E-state index in [2.05, 4.69) is 43.7 Å². The first-order valence-corrected chi connectivity index (χ1v) is 14.2. The van der Waals surface area contributed by atoms with Crippen LogP contribution in [0.5, 0.6) is 0 Å². The van der Waals surface area contributed by atoms with Crippen LogP contribution in [0.15, 0.2) is 65.8 Å². The van der Waals surface area contributed by atoms with Gasteiger partial charge in [-0.05, 0) is 61.1 Å². The minimum atomic E-state index is -4.36. The van der Waals surface area contributed by atoms with Crippen molar-refractivity contribution in [3.63, 3.8) is 0 Å². The molecule has 1 aliphatic rings. The Morgan fingerprint density at radius 1 is 0.895 bits per heavy atom. The van der Waals surface area contributed by atoms with Gasteiger partial charge in [-0.3, -0.25) is 9.97 Å². The van der Waals surface area contributed by atoms with Crippen LogP contribution in [0.1, 0.15) is 31.2 Å². The van der Waals surface area contributed by atoms with Crippen LogP contribution in [0.4, 0.5) is 24.5 Å². The Labute approximate surface area is 225 Å². The van der Waals surface area contributed by atoms with Gasteiger partial charge in [0.25, 0.3) is 0 Å². The number of anilines is 2. The highest BCUT2D eigenvalue weighted by Crippen LogP contribution is 2.34. The first-order valence-electron chi connectivity index (χ1n) is 13.2. The maximum Gasteiger partial charge on any atom is 0.416 e. The number of nitrogens with zero attached hydrogens (tertiary/aromatic N) is 3. The molecule has 1 saturated heterocycles. The van der Waals surface area contributed by atoms with Crippen molar-refractivity contribution < 1.29 is 13.2 Å². The van der Waals surface area contributed by atoms with E-state index in [1.807, 2.05) is 18.3 Å². The molecule has 5 rings (SSSR count). The van der Waals surface area contributed by atoms with Gasteiger partial charge in [0, 0.05) is 66.5 Å². The second-order valence-electron chi connectivity index (χ2n) is 9.50. The molecule has 2 N–H and O–H groups in total. The number of halogens is 3. The van der Waals surface area contributed by atoms with E-state index in [9.17, 15) is 13.2 Å². The number of pyridine rings is 2. The molecule has 1 aliphatic heterocycles. The van der Waals surface area contributed by atoms with Crippen LogP contribution in [-0.4, -0.2) is 48.4 Å². The first-order chi connectivity index (χ1) is 18.5. The lowest BCUT2D eigenvalue weighted by molar-refractivity contribution is -0.137. The zero-order chi connectivity index (χ0) is 26.4. The number of thioether (sulfide) groups is 1. The molecule has 9 heteroatoms. The van der Waals surface area contributed by atoms with Gasteiger partial charge < -0.3 is 15.5 Å². The molecule has 5 nitrogen and oxygen atoms in total. The summed E-state index contributed by atoms with van der Waals surface area (Å²) in [5.74, 6) is 0.926. The zero-order valence-corrected chi connectivity index (χ0v) is 22.0. The number of piperazine rings is 1. The predicted molar refractivity (Wildman–Crippen MR) is 151 cm³/mol. The molecule has 1 fully saturated rings. The molecular weight excluding hydrogens is 507 g/mol. The van der Waals surface area contributed by atoms with E-state index in [-0.39, 0.29) is 0 Å². The largest absolute Gasteiger partial charge is 0.416 e. The fraction of sp³-hybridized carbons (Fsp3) is 0.379. The van der Waals surface area contributed by atoms with Gasteiger partial charge in [0.15, 0.2) is 0 Å². The van der Waals surface area contributed by atoms with E-state index >= 15 is 0 Å². The summed E-state index contributed by atoms with van der Waals surface area (Å²) < 4.78 is 39.0. The Balaban J connectivity index is 1.07. The molecule has 0 saturated carbocycles. The lowest BCUT2D eigenvalue weighted by Gasteiger charge is -2.30.